The molecule has 0 atom stereocenters. The van der Waals surface area contributed by atoms with Gasteiger partial charge in [-0.3, -0.25) is 9.78 Å². The van der Waals surface area contributed by atoms with Crippen molar-refractivity contribution in [1.29, 1.82) is 0 Å². The van der Waals surface area contributed by atoms with E-state index in [4.69, 9.17) is 0 Å². The largest absolute Gasteiger partial charge is 0.349 e. The first-order valence-electron chi connectivity index (χ1n) is 8.62. The minimum atomic E-state index is -0.0588. The predicted octanol–water partition coefficient (Wildman–Crippen LogP) is 5.23. The Balaban J connectivity index is 2.27. The summed E-state index contributed by atoms with van der Waals surface area (Å²) in [5.74, 6) is -0.0588. The van der Waals surface area contributed by atoms with Crippen molar-refractivity contribution in [3.8, 4) is 0 Å². The molecular formula is C21H30N2O. The molecule has 1 aromatic rings. The number of carbonyl (C=O) groups is 1. The van der Waals surface area contributed by atoms with Gasteiger partial charge in [-0.2, -0.15) is 0 Å². The number of hydrogen-bond donors (Lipinski definition) is 1. The fourth-order valence-electron chi connectivity index (χ4n) is 2.26. The first-order chi connectivity index (χ1) is 11.5. The second-order valence-corrected chi connectivity index (χ2v) is 6.41. The number of nitrogens with zero attached hydrogens (tertiary/aromatic N) is 1. The summed E-state index contributed by atoms with van der Waals surface area (Å²) in [6, 6.07) is 3.43. The second kappa shape index (κ2) is 11.4. The molecule has 0 radical (unpaired) electrons. The summed E-state index contributed by atoms with van der Waals surface area (Å²) in [6.45, 7) is 9.16. The van der Waals surface area contributed by atoms with Crippen molar-refractivity contribution in [2.24, 2.45) is 0 Å². The molecule has 0 fully saturated rings. The summed E-state index contributed by atoms with van der Waals surface area (Å²) >= 11 is 0. The van der Waals surface area contributed by atoms with Crippen molar-refractivity contribution in [3.63, 3.8) is 0 Å². The summed E-state index contributed by atoms with van der Waals surface area (Å²) in [4.78, 5) is 15.8. The minimum Gasteiger partial charge on any atom is -0.349 e. The number of pyridine rings is 1. The van der Waals surface area contributed by atoms with Crippen molar-refractivity contribution in [2.45, 2.75) is 53.4 Å². The molecule has 0 bridgehead atoms. The van der Waals surface area contributed by atoms with Crippen molar-refractivity contribution in [1.82, 2.24) is 10.3 Å². The molecule has 0 spiro atoms. The van der Waals surface area contributed by atoms with E-state index in [0.717, 1.165) is 25.7 Å². The average Bonchev–Trinajstić information content (AvgIpc) is 2.55. The second-order valence-electron chi connectivity index (χ2n) is 6.41. The lowest BCUT2D eigenvalue weighted by Crippen LogP contribution is -2.23. The molecule has 1 amide bonds. The zero-order valence-corrected chi connectivity index (χ0v) is 15.4. The van der Waals surface area contributed by atoms with Gasteiger partial charge in [-0.15, -0.1) is 0 Å². The molecule has 0 saturated carbocycles. The van der Waals surface area contributed by atoms with Crippen LogP contribution in [0.2, 0.25) is 0 Å². The van der Waals surface area contributed by atoms with Crippen molar-refractivity contribution >= 4 is 5.91 Å². The fraction of sp³-hybridized carbons (Fsp3) is 0.429. The van der Waals surface area contributed by atoms with E-state index in [2.05, 4.69) is 56.2 Å². The third-order valence-corrected chi connectivity index (χ3v) is 3.78. The van der Waals surface area contributed by atoms with Gasteiger partial charge in [0.2, 0.25) is 0 Å². The van der Waals surface area contributed by atoms with Gasteiger partial charge in [0.05, 0.1) is 0 Å². The normalized spacial score (nSPS) is 12.0. The quantitative estimate of drug-likeness (QED) is 0.631. The molecule has 0 unspecified atom stereocenters. The maximum Gasteiger partial charge on any atom is 0.251 e. The van der Waals surface area contributed by atoms with Gasteiger partial charge in [0.25, 0.3) is 5.91 Å². The highest BCUT2D eigenvalue weighted by Gasteiger charge is 2.02. The van der Waals surface area contributed by atoms with E-state index in [9.17, 15) is 4.79 Å². The van der Waals surface area contributed by atoms with Crippen LogP contribution in [0, 0.1) is 0 Å². The molecule has 0 aromatic carbocycles. The van der Waals surface area contributed by atoms with E-state index in [-0.39, 0.29) is 5.91 Å². The molecule has 3 nitrogen and oxygen atoms in total. The van der Waals surface area contributed by atoms with Crippen molar-refractivity contribution in [2.75, 3.05) is 6.54 Å². The zero-order valence-electron chi connectivity index (χ0n) is 15.4. The molecule has 1 aromatic heterocycles. The van der Waals surface area contributed by atoms with Gasteiger partial charge in [0.15, 0.2) is 0 Å². The standard InChI is InChI=1S/C21H30N2O/c1-17(2)7-5-8-18(3)9-6-10-19(4)11-16-23-21(24)20-12-14-22-15-13-20/h7,9,11-15H,5-6,8,10,16H2,1-4H3,(H,23,24). The van der Waals surface area contributed by atoms with Gasteiger partial charge in [0.1, 0.15) is 0 Å². The molecule has 130 valence electrons. The zero-order chi connectivity index (χ0) is 17.8. The first kappa shape index (κ1) is 19.9. The van der Waals surface area contributed by atoms with Crippen molar-refractivity contribution < 1.29 is 4.79 Å². The van der Waals surface area contributed by atoms with Crippen LogP contribution in [-0.2, 0) is 0 Å². The summed E-state index contributed by atoms with van der Waals surface area (Å²) < 4.78 is 0. The Kier molecular flexibility index (Phi) is 9.44. The van der Waals surface area contributed by atoms with E-state index < -0.39 is 0 Å². The van der Waals surface area contributed by atoms with Crippen molar-refractivity contribution in [3.05, 3.63) is 65.0 Å². The van der Waals surface area contributed by atoms with E-state index in [0.29, 0.717) is 12.1 Å². The number of amides is 1. The first-order valence-corrected chi connectivity index (χ1v) is 8.62. The molecule has 0 aliphatic heterocycles. The van der Waals surface area contributed by atoms with Crippen LogP contribution in [0.15, 0.2) is 59.5 Å². The van der Waals surface area contributed by atoms with Gasteiger partial charge in [-0.25, -0.2) is 0 Å². The smallest absolute Gasteiger partial charge is 0.251 e. The summed E-state index contributed by atoms with van der Waals surface area (Å²) in [6.07, 6.45) is 14.3. The highest BCUT2D eigenvalue weighted by atomic mass is 16.1. The summed E-state index contributed by atoms with van der Waals surface area (Å²) in [7, 11) is 0. The highest BCUT2D eigenvalue weighted by Crippen LogP contribution is 2.11. The van der Waals surface area contributed by atoms with Crippen LogP contribution in [0.1, 0.15) is 63.7 Å². The molecule has 0 saturated heterocycles. The lowest BCUT2D eigenvalue weighted by Gasteiger charge is -2.04. The van der Waals surface area contributed by atoms with Crippen LogP contribution in [0.5, 0.6) is 0 Å². The van der Waals surface area contributed by atoms with Gasteiger partial charge in [-0.1, -0.05) is 34.9 Å². The lowest BCUT2D eigenvalue weighted by atomic mass is 10.1. The monoisotopic (exact) mass is 326 g/mol. The molecule has 1 N–H and O–H groups in total. The summed E-state index contributed by atoms with van der Waals surface area (Å²) in [5, 5.41) is 2.90. The fourth-order valence-corrected chi connectivity index (χ4v) is 2.26. The predicted molar refractivity (Wildman–Crippen MR) is 102 cm³/mol. The Morgan fingerprint density at radius 1 is 0.958 bits per heavy atom. The number of carbonyl (C=O) groups excluding carboxylic acids is 1. The number of allylic oxidation sites excluding steroid dienone is 5. The Labute approximate surface area is 146 Å². The molecule has 0 aliphatic carbocycles. The summed E-state index contributed by atoms with van der Waals surface area (Å²) in [5.41, 5.74) is 4.78. The number of nitrogens with one attached hydrogen (secondary N) is 1. The molecule has 1 rings (SSSR count). The molecule has 1 heterocycles. The van der Waals surface area contributed by atoms with Crippen LogP contribution < -0.4 is 5.32 Å². The molecule has 0 aliphatic rings. The van der Waals surface area contributed by atoms with Crippen LogP contribution in [0.4, 0.5) is 0 Å². The van der Waals surface area contributed by atoms with Gasteiger partial charge in [-0.05, 0) is 65.5 Å². The van der Waals surface area contributed by atoms with Gasteiger partial charge in [0, 0.05) is 24.5 Å². The number of aromatic nitrogens is 1. The average molecular weight is 326 g/mol. The minimum absolute atomic E-state index is 0.0588. The Morgan fingerprint density at radius 3 is 2.17 bits per heavy atom. The van der Waals surface area contributed by atoms with E-state index in [1.807, 2.05) is 0 Å². The maximum atomic E-state index is 11.9. The van der Waals surface area contributed by atoms with E-state index >= 15 is 0 Å². The van der Waals surface area contributed by atoms with Crippen LogP contribution in [-0.4, -0.2) is 17.4 Å². The third kappa shape index (κ3) is 9.09. The maximum absolute atomic E-state index is 11.9. The Bertz CT molecular complexity index is 594. The van der Waals surface area contributed by atoms with Crippen LogP contribution in [0.3, 0.4) is 0 Å². The Morgan fingerprint density at radius 2 is 1.54 bits per heavy atom. The highest BCUT2D eigenvalue weighted by molar-refractivity contribution is 5.94. The number of rotatable bonds is 9. The third-order valence-electron chi connectivity index (χ3n) is 3.78. The topological polar surface area (TPSA) is 42.0 Å². The van der Waals surface area contributed by atoms with Gasteiger partial charge < -0.3 is 5.32 Å². The van der Waals surface area contributed by atoms with Crippen LogP contribution >= 0.6 is 0 Å². The van der Waals surface area contributed by atoms with E-state index in [1.165, 1.54) is 16.7 Å². The molecule has 3 heteroatoms. The van der Waals surface area contributed by atoms with Gasteiger partial charge >= 0.3 is 0 Å². The molecule has 24 heavy (non-hydrogen) atoms. The lowest BCUT2D eigenvalue weighted by molar-refractivity contribution is 0.0958. The SMILES string of the molecule is CC(C)=CCCC(C)=CCCC(C)=CCNC(=O)c1ccncc1. The molecular weight excluding hydrogens is 296 g/mol. The number of hydrogen-bond acceptors (Lipinski definition) is 2. The Hall–Kier alpha value is -2.16. The van der Waals surface area contributed by atoms with Crippen LogP contribution in [0.25, 0.3) is 0 Å². The van der Waals surface area contributed by atoms with E-state index in [1.54, 1.807) is 24.5 Å².